The van der Waals surface area contributed by atoms with Gasteiger partial charge in [0.2, 0.25) is 5.91 Å². The monoisotopic (exact) mass is 296 g/mol. The van der Waals surface area contributed by atoms with Crippen LogP contribution in [0.15, 0.2) is 18.2 Å². The van der Waals surface area contributed by atoms with Gasteiger partial charge in [0, 0.05) is 11.6 Å². The molecule has 1 aromatic carbocycles. The Morgan fingerprint density at radius 1 is 1.40 bits per heavy atom. The topological polar surface area (TPSA) is 67.4 Å². The first-order valence-corrected chi connectivity index (χ1v) is 6.80. The molecule has 1 fully saturated rings. The Bertz CT molecular complexity index is 533. The first kappa shape index (κ1) is 14.8. The van der Waals surface area contributed by atoms with E-state index in [9.17, 15) is 9.59 Å². The molecule has 1 heterocycles. The molecule has 1 amide bonds. The molecule has 6 heteroatoms. The van der Waals surface area contributed by atoms with Gasteiger partial charge in [-0.2, -0.15) is 0 Å². The van der Waals surface area contributed by atoms with Gasteiger partial charge in [0.05, 0.1) is 24.3 Å². The number of carbonyl (C=O) groups is 2. The van der Waals surface area contributed by atoms with E-state index in [1.54, 1.807) is 12.1 Å². The number of hydrogen-bond donors (Lipinski definition) is 2. The van der Waals surface area contributed by atoms with Gasteiger partial charge in [-0.05, 0) is 30.7 Å². The zero-order valence-corrected chi connectivity index (χ0v) is 12.2. The number of halogens is 1. The third-order valence-corrected chi connectivity index (χ3v) is 3.73. The summed E-state index contributed by atoms with van der Waals surface area (Å²) in [5.41, 5.74) is 0.678. The number of anilines is 1. The standard InChI is InChI=1S/C14H17ClN2O3/c1-8-6-16-7-11(8)13(18)17-12-4-3-9(15)5-10(12)14(19)20-2/h3-5,8,11,16H,6-7H2,1-2H3,(H,17,18)/t8-,11-/m1/s1. The quantitative estimate of drug-likeness (QED) is 0.836. The lowest BCUT2D eigenvalue weighted by molar-refractivity contribution is -0.120. The highest BCUT2D eigenvalue weighted by Gasteiger charge is 2.30. The molecule has 0 unspecified atom stereocenters. The number of rotatable bonds is 3. The normalized spacial score (nSPS) is 21.6. The van der Waals surface area contributed by atoms with E-state index in [2.05, 4.69) is 10.6 Å². The van der Waals surface area contributed by atoms with Crippen molar-refractivity contribution in [1.82, 2.24) is 5.32 Å². The summed E-state index contributed by atoms with van der Waals surface area (Å²) in [7, 11) is 1.29. The molecule has 108 valence electrons. The van der Waals surface area contributed by atoms with Gasteiger partial charge in [-0.25, -0.2) is 4.79 Å². The Morgan fingerprint density at radius 3 is 2.75 bits per heavy atom. The fourth-order valence-electron chi connectivity index (χ4n) is 2.29. The number of carbonyl (C=O) groups excluding carboxylic acids is 2. The van der Waals surface area contributed by atoms with Gasteiger partial charge in [-0.1, -0.05) is 18.5 Å². The van der Waals surface area contributed by atoms with Crippen molar-refractivity contribution in [3.8, 4) is 0 Å². The number of amides is 1. The molecular formula is C14H17ClN2O3. The van der Waals surface area contributed by atoms with Crippen LogP contribution in [-0.2, 0) is 9.53 Å². The van der Waals surface area contributed by atoms with Crippen molar-refractivity contribution in [3.63, 3.8) is 0 Å². The Kier molecular flexibility index (Phi) is 4.62. The zero-order valence-electron chi connectivity index (χ0n) is 11.4. The first-order chi connectivity index (χ1) is 9.52. The van der Waals surface area contributed by atoms with E-state index >= 15 is 0 Å². The van der Waals surface area contributed by atoms with Crippen molar-refractivity contribution >= 4 is 29.2 Å². The van der Waals surface area contributed by atoms with Crippen molar-refractivity contribution in [2.75, 3.05) is 25.5 Å². The summed E-state index contributed by atoms with van der Waals surface area (Å²) in [5.74, 6) is -0.463. The van der Waals surface area contributed by atoms with E-state index in [-0.39, 0.29) is 23.3 Å². The van der Waals surface area contributed by atoms with Crippen LogP contribution in [0.5, 0.6) is 0 Å². The minimum Gasteiger partial charge on any atom is -0.465 e. The van der Waals surface area contributed by atoms with Gasteiger partial charge in [0.1, 0.15) is 0 Å². The second kappa shape index (κ2) is 6.24. The molecule has 1 aromatic rings. The molecule has 0 radical (unpaired) electrons. The average molecular weight is 297 g/mol. The van der Waals surface area contributed by atoms with E-state index in [1.165, 1.54) is 13.2 Å². The lowest BCUT2D eigenvalue weighted by atomic mass is 9.97. The highest BCUT2D eigenvalue weighted by atomic mass is 35.5. The summed E-state index contributed by atoms with van der Waals surface area (Å²) in [4.78, 5) is 23.9. The van der Waals surface area contributed by atoms with Crippen LogP contribution in [0, 0.1) is 11.8 Å². The van der Waals surface area contributed by atoms with E-state index < -0.39 is 5.97 Å². The Morgan fingerprint density at radius 2 is 2.15 bits per heavy atom. The number of methoxy groups -OCH3 is 1. The van der Waals surface area contributed by atoms with Gasteiger partial charge >= 0.3 is 5.97 Å². The summed E-state index contributed by atoms with van der Waals surface area (Å²) in [5, 5.41) is 6.38. The maximum absolute atomic E-state index is 12.2. The second-order valence-corrected chi connectivity index (χ2v) is 5.35. The molecule has 0 saturated carbocycles. The zero-order chi connectivity index (χ0) is 14.7. The molecular weight excluding hydrogens is 280 g/mol. The van der Waals surface area contributed by atoms with Crippen LogP contribution < -0.4 is 10.6 Å². The number of ether oxygens (including phenoxy) is 1. The fourth-order valence-corrected chi connectivity index (χ4v) is 2.46. The lowest BCUT2D eigenvalue weighted by Crippen LogP contribution is -2.28. The molecule has 5 nitrogen and oxygen atoms in total. The molecule has 0 aliphatic carbocycles. The van der Waals surface area contributed by atoms with E-state index in [0.717, 1.165) is 6.54 Å². The molecule has 2 rings (SSSR count). The summed E-state index contributed by atoms with van der Waals surface area (Å²) in [6, 6.07) is 4.72. The van der Waals surface area contributed by atoms with Gasteiger partial charge in [-0.15, -0.1) is 0 Å². The number of esters is 1. The smallest absolute Gasteiger partial charge is 0.340 e. The number of benzene rings is 1. The van der Waals surface area contributed by atoms with Crippen molar-refractivity contribution in [1.29, 1.82) is 0 Å². The maximum Gasteiger partial charge on any atom is 0.340 e. The first-order valence-electron chi connectivity index (χ1n) is 6.42. The van der Waals surface area contributed by atoms with Crippen LogP contribution in [0.25, 0.3) is 0 Å². The minimum absolute atomic E-state index is 0.101. The predicted molar refractivity (Wildman–Crippen MR) is 76.9 cm³/mol. The van der Waals surface area contributed by atoms with Crippen molar-refractivity contribution in [3.05, 3.63) is 28.8 Å². The second-order valence-electron chi connectivity index (χ2n) is 4.91. The maximum atomic E-state index is 12.2. The summed E-state index contributed by atoms with van der Waals surface area (Å²) in [6.07, 6.45) is 0. The van der Waals surface area contributed by atoms with Crippen LogP contribution >= 0.6 is 11.6 Å². The molecule has 1 saturated heterocycles. The molecule has 1 aliphatic rings. The van der Waals surface area contributed by atoms with Crippen LogP contribution in [0.1, 0.15) is 17.3 Å². The highest BCUT2D eigenvalue weighted by Crippen LogP contribution is 2.24. The molecule has 0 spiro atoms. The van der Waals surface area contributed by atoms with Crippen LogP contribution in [0.3, 0.4) is 0 Å². The Labute approximate surface area is 122 Å². The SMILES string of the molecule is COC(=O)c1cc(Cl)ccc1NC(=O)[C@@H]1CNC[C@H]1C. The van der Waals surface area contributed by atoms with Crippen LogP contribution in [0.2, 0.25) is 5.02 Å². The number of nitrogens with one attached hydrogen (secondary N) is 2. The van der Waals surface area contributed by atoms with Crippen LogP contribution in [0.4, 0.5) is 5.69 Å². The Balaban J connectivity index is 2.20. The summed E-state index contributed by atoms with van der Waals surface area (Å²) < 4.78 is 4.70. The molecule has 2 atom stereocenters. The summed E-state index contributed by atoms with van der Waals surface area (Å²) in [6.45, 7) is 3.49. The minimum atomic E-state index is -0.527. The fraction of sp³-hybridized carbons (Fsp3) is 0.429. The van der Waals surface area contributed by atoms with Crippen molar-refractivity contribution in [2.24, 2.45) is 11.8 Å². The largest absolute Gasteiger partial charge is 0.465 e. The Hall–Kier alpha value is -1.59. The molecule has 0 aromatic heterocycles. The van der Waals surface area contributed by atoms with Gasteiger partial charge in [0.25, 0.3) is 0 Å². The third kappa shape index (κ3) is 3.11. The molecule has 1 aliphatic heterocycles. The predicted octanol–water partition coefficient (Wildman–Crippen LogP) is 1.92. The van der Waals surface area contributed by atoms with Crippen LogP contribution in [-0.4, -0.2) is 32.1 Å². The van der Waals surface area contributed by atoms with E-state index in [4.69, 9.17) is 16.3 Å². The van der Waals surface area contributed by atoms with E-state index in [1.807, 2.05) is 6.92 Å². The average Bonchev–Trinajstić information content (AvgIpc) is 2.86. The molecule has 20 heavy (non-hydrogen) atoms. The van der Waals surface area contributed by atoms with Crippen molar-refractivity contribution in [2.45, 2.75) is 6.92 Å². The highest BCUT2D eigenvalue weighted by molar-refractivity contribution is 6.31. The number of hydrogen-bond acceptors (Lipinski definition) is 4. The molecule has 0 bridgehead atoms. The molecule has 2 N–H and O–H groups in total. The van der Waals surface area contributed by atoms with Crippen molar-refractivity contribution < 1.29 is 14.3 Å². The van der Waals surface area contributed by atoms with Gasteiger partial charge in [0.15, 0.2) is 0 Å². The van der Waals surface area contributed by atoms with Gasteiger partial charge in [-0.3, -0.25) is 4.79 Å². The van der Waals surface area contributed by atoms with Gasteiger partial charge < -0.3 is 15.4 Å². The summed E-state index contributed by atoms with van der Waals surface area (Å²) >= 11 is 5.87. The lowest BCUT2D eigenvalue weighted by Gasteiger charge is -2.16. The third-order valence-electron chi connectivity index (χ3n) is 3.50. The van der Waals surface area contributed by atoms with E-state index in [0.29, 0.717) is 17.3 Å².